The second kappa shape index (κ2) is 6.99. The molecular weight excluding hydrogens is 288 g/mol. The smallest absolute Gasteiger partial charge is 0.254 e. The van der Waals surface area contributed by atoms with Crippen LogP contribution in [0, 0.1) is 0 Å². The predicted octanol–water partition coefficient (Wildman–Crippen LogP) is 2.90. The number of benzene rings is 2. The van der Waals surface area contributed by atoms with Crippen molar-refractivity contribution in [1.29, 1.82) is 0 Å². The number of carbonyl (C=O) groups excluding carboxylic acids is 1. The molecule has 0 aliphatic rings. The second-order valence-corrected chi connectivity index (χ2v) is 4.97. The molecule has 0 saturated carbocycles. The Morgan fingerprint density at radius 3 is 2.76 bits per heavy atom. The fraction of sp³-hybridized carbons (Fsp3) is 0.188. The van der Waals surface area contributed by atoms with E-state index >= 15 is 0 Å². The Morgan fingerprint density at radius 1 is 1.29 bits per heavy atom. The van der Waals surface area contributed by atoms with Gasteiger partial charge >= 0.3 is 0 Å². The summed E-state index contributed by atoms with van der Waals surface area (Å²) < 4.78 is 5.16. The summed E-state index contributed by atoms with van der Waals surface area (Å²) in [5.74, 6) is 0.537. The van der Waals surface area contributed by atoms with Crippen LogP contribution >= 0.6 is 11.6 Å². The maximum atomic E-state index is 12.1. The normalized spacial score (nSPS) is 10.2. The Balaban J connectivity index is 1.95. The number of methoxy groups -OCH3 is 1. The molecule has 0 atom stereocenters. The number of anilines is 1. The van der Waals surface area contributed by atoms with Gasteiger partial charge in [0.25, 0.3) is 5.91 Å². The van der Waals surface area contributed by atoms with Crippen LogP contribution in [0.2, 0.25) is 5.02 Å². The number of hydrogen-bond donors (Lipinski definition) is 2. The van der Waals surface area contributed by atoms with Gasteiger partial charge in [-0.1, -0.05) is 29.8 Å². The van der Waals surface area contributed by atoms with Gasteiger partial charge in [0.05, 0.1) is 17.7 Å². The second-order valence-electron chi connectivity index (χ2n) is 4.56. The minimum absolute atomic E-state index is 0.263. The van der Waals surface area contributed by atoms with Crippen LogP contribution in [-0.2, 0) is 6.42 Å². The molecule has 0 unspecified atom stereocenters. The van der Waals surface area contributed by atoms with E-state index in [2.05, 4.69) is 5.32 Å². The maximum Gasteiger partial charge on any atom is 0.254 e. The van der Waals surface area contributed by atoms with Crippen molar-refractivity contribution in [2.24, 2.45) is 0 Å². The van der Waals surface area contributed by atoms with Gasteiger partial charge in [-0.25, -0.2) is 0 Å². The molecule has 0 fully saturated rings. The summed E-state index contributed by atoms with van der Waals surface area (Å²) in [4.78, 5) is 12.1. The molecule has 4 nitrogen and oxygen atoms in total. The van der Waals surface area contributed by atoms with Crippen LogP contribution in [0.1, 0.15) is 15.9 Å². The van der Waals surface area contributed by atoms with E-state index in [1.54, 1.807) is 25.3 Å². The molecule has 0 aliphatic heterocycles. The monoisotopic (exact) mass is 304 g/mol. The molecule has 0 spiro atoms. The standard InChI is InChI=1S/C16H17ClN2O2/c1-21-12-5-2-4-11(10-12)8-9-19-16(20)15-13(17)6-3-7-14(15)18/h2-7,10H,8-9,18H2,1H3,(H,19,20). The van der Waals surface area contributed by atoms with E-state index in [9.17, 15) is 4.79 Å². The zero-order valence-corrected chi connectivity index (χ0v) is 12.5. The van der Waals surface area contributed by atoms with E-state index < -0.39 is 0 Å². The molecule has 2 aromatic rings. The van der Waals surface area contributed by atoms with Crippen LogP contribution in [0.25, 0.3) is 0 Å². The lowest BCUT2D eigenvalue weighted by Gasteiger charge is -2.09. The highest BCUT2D eigenvalue weighted by atomic mass is 35.5. The Hall–Kier alpha value is -2.20. The minimum atomic E-state index is -0.263. The third-order valence-electron chi connectivity index (χ3n) is 3.11. The van der Waals surface area contributed by atoms with Gasteiger partial charge in [-0.05, 0) is 36.2 Å². The van der Waals surface area contributed by atoms with Crippen molar-refractivity contribution in [3.05, 3.63) is 58.6 Å². The molecule has 0 aliphatic carbocycles. The molecule has 110 valence electrons. The Morgan fingerprint density at radius 2 is 2.05 bits per heavy atom. The third-order valence-corrected chi connectivity index (χ3v) is 3.42. The molecule has 2 rings (SSSR count). The number of ether oxygens (including phenoxy) is 1. The SMILES string of the molecule is COc1cccc(CCNC(=O)c2c(N)cccc2Cl)c1. The molecule has 21 heavy (non-hydrogen) atoms. The van der Waals surface area contributed by atoms with E-state index in [0.717, 1.165) is 11.3 Å². The average molecular weight is 305 g/mol. The lowest BCUT2D eigenvalue weighted by atomic mass is 10.1. The van der Waals surface area contributed by atoms with Crippen LogP contribution in [-0.4, -0.2) is 19.6 Å². The number of carbonyl (C=O) groups is 1. The summed E-state index contributed by atoms with van der Waals surface area (Å²) >= 11 is 6.00. The number of halogens is 1. The van der Waals surface area contributed by atoms with Crippen molar-refractivity contribution in [2.75, 3.05) is 19.4 Å². The van der Waals surface area contributed by atoms with Crippen molar-refractivity contribution >= 4 is 23.2 Å². The number of nitrogens with two attached hydrogens (primary N) is 1. The zero-order valence-electron chi connectivity index (χ0n) is 11.7. The van der Waals surface area contributed by atoms with Crippen LogP contribution in [0.3, 0.4) is 0 Å². The Labute approximate surface area is 128 Å². The van der Waals surface area contributed by atoms with Crippen LogP contribution in [0.4, 0.5) is 5.69 Å². The Kier molecular flexibility index (Phi) is 5.06. The number of rotatable bonds is 5. The van der Waals surface area contributed by atoms with Gasteiger partial charge in [-0.15, -0.1) is 0 Å². The predicted molar refractivity (Wildman–Crippen MR) is 84.9 cm³/mol. The van der Waals surface area contributed by atoms with Gasteiger partial charge in [-0.2, -0.15) is 0 Å². The fourth-order valence-electron chi connectivity index (χ4n) is 2.02. The van der Waals surface area contributed by atoms with Crippen LogP contribution in [0.5, 0.6) is 5.75 Å². The summed E-state index contributed by atoms with van der Waals surface area (Å²) in [7, 11) is 1.63. The third kappa shape index (κ3) is 3.89. The first-order chi connectivity index (χ1) is 10.1. The first-order valence-corrected chi connectivity index (χ1v) is 6.94. The summed E-state index contributed by atoms with van der Waals surface area (Å²) in [6.07, 6.45) is 0.702. The first-order valence-electron chi connectivity index (χ1n) is 6.57. The zero-order chi connectivity index (χ0) is 15.2. The molecular formula is C16H17ClN2O2. The number of nitrogen functional groups attached to an aromatic ring is 1. The van der Waals surface area contributed by atoms with Gasteiger partial charge in [0, 0.05) is 12.2 Å². The van der Waals surface area contributed by atoms with Gasteiger partial charge in [0.1, 0.15) is 5.75 Å². The van der Waals surface area contributed by atoms with Gasteiger partial charge in [0.2, 0.25) is 0 Å². The van der Waals surface area contributed by atoms with E-state index in [1.165, 1.54) is 0 Å². The van der Waals surface area contributed by atoms with Crippen molar-refractivity contribution in [2.45, 2.75) is 6.42 Å². The largest absolute Gasteiger partial charge is 0.497 e. The minimum Gasteiger partial charge on any atom is -0.497 e. The molecule has 0 aromatic heterocycles. The molecule has 0 radical (unpaired) electrons. The summed E-state index contributed by atoms with van der Waals surface area (Å²) in [5, 5.41) is 3.18. The molecule has 2 aromatic carbocycles. The number of nitrogens with one attached hydrogen (secondary N) is 1. The van der Waals surface area contributed by atoms with E-state index in [0.29, 0.717) is 29.2 Å². The molecule has 1 amide bonds. The molecule has 0 heterocycles. The van der Waals surface area contributed by atoms with Crippen molar-refractivity contribution < 1.29 is 9.53 Å². The topological polar surface area (TPSA) is 64.3 Å². The van der Waals surface area contributed by atoms with E-state index in [-0.39, 0.29) is 5.91 Å². The molecule has 5 heteroatoms. The fourth-order valence-corrected chi connectivity index (χ4v) is 2.28. The highest BCUT2D eigenvalue weighted by molar-refractivity contribution is 6.34. The highest BCUT2D eigenvalue weighted by Gasteiger charge is 2.13. The molecule has 3 N–H and O–H groups in total. The molecule has 0 bridgehead atoms. The Bertz CT molecular complexity index is 624. The van der Waals surface area contributed by atoms with E-state index in [1.807, 2.05) is 24.3 Å². The van der Waals surface area contributed by atoms with Gasteiger partial charge < -0.3 is 15.8 Å². The van der Waals surface area contributed by atoms with E-state index in [4.69, 9.17) is 22.1 Å². The quantitative estimate of drug-likeness (QED) is 0.835. The van der Waals surface area contributed by atoms with Crippen molar-refractivity contribution in [3.8, 4) is 5.75 Å². The van der Waals surface area contributed by atoms with Crippen LogP contribution < -0.4 is 15.8 Å². The molecule has 0 saturated heterocycles. The number of hydrogen-bond acceptors (Lipinski definition) is 3. The highest BCUT2D eigenvalue weighted by Crippen LogP contribution is 2.21. The summed E-state index contributed by atoms with van der Waals surface area (Å²) in [6.45, 7) is 0.497. The lowest BCUT2D eigenvalue weighted by molar-refractivity contribution is 0.0955. The summed E-state index contributed by atoms with van der Waals surface area (Å²) in [6, 6.07) is 12.7. The van der Waals surface area contributed by atoms with Crippen molar-refractivity contribution in [3.63, 3.8) is 0 Å². The number of amides is 1. The van der Waals surface area contributed by atoms with Crippen molar-refractivity contribution in [1.82, 2.24) is 5.32 Å². The van der Waals surface area contributed by atoms with Gasteiger partial charge in [0.15, 0.2) is 0 Å². The first kappa shape index (κ1) is 15.2. The lowest BCUT2D eigenvalue weighted by Crippen LogP contribution is -2.26. The van der Waals surface area contributed by atoms with Gasteiger partial charge in [-0.3, -0.25) is 4.79 Å². The average Bonchev–Trinajstić information content (AvgIpc) is 2.47. The van der Waals surface area contributed by atoms with Crippen LogP contribution in [0.15, 0.2) is 42.5 Å². The maximum absolute atomic E-state index is 12.1. The summed E-state index contributed by atoms with van der Waals surface area (Å²) in [5.41, 5.74) is 7.57.